The van der Waals surface area contributed by atoms with Crippen LogP contribution < -0.4 is 0 Å². The molecule has 3 heteroatoms. The second-order valence-electron chi connectivity index (χ2n) is 3.28. The van der Waals surface area contributed by atoms with Gasteiger partial charge in [-0.1, -0.05) is 0 Å². The van der Waals surface area contributed by atoms with Crippen molar-refractivity contribution >= 4 is 5.97 Å². The molecule has 0 amide bonds. The summed E-state index contributed by atoms with van der Waals surface area (Å²) < 4.78 is 10.1. The fraction of sp³-hybridized carbons (Fsp3) is 0.889. The van der Waals surface area contributed by atoms with Gasteiger partial charge < -0.3 is 9.47 Å². The molecule has 0 aromatic heterocycles. The highest BCUT2D eigenvalue weighted by Crippen LogP contribution is 2.20. The van der Waals surface area contributed by atoms with Gasteiger partial charge in [0.25, 0.3) is 0 Å². The number of hydrogen-bond donors (Lipinski definition) is 0. The molecule has 70 valence electrons. The molecule has 0 radical (unpaired) electrons. The van der Waals surface area contributed by atoms with E-state index in [4.69, 9.17) is 4.74 Å². The smallest absolute Gasteiger partial charge is 0.308 e. The summed E-state index contributed by atoms with van der Waals surface area (Å²) in [6.07, 6.45) is 4.04. The first-order valence-corrected chi connectivity index (χ1v) is 4.44. The molecule has 1 rings (SSSR count). The minimum atomic E-state index is -0.172. The van der Waals surface area contributed by atoms with Crippen LogP contribution in [0.15, 0.2) is 0 Å². The van der Waals surface area contributed by atoms with Gasteiger partial charge in [-0.15, -0.1) is 0 Å². The summed E-state index contributed by atoms with van der Waals surface area (Å²) in [7, 11) is 1.41. The molecule has 0 bridgehead atoms. The Morgan fingerprint density at radius 1 is 1.58 bits per heavy atom. The molecule has 0 saturated carbocycles. The zero-order chi connectivity index (χ0) is 8.97. The summed E-state index contributed by atoms with van der Waals surface area (Å²) in [5.74, 6) is -0.172. The van der Waals surface area contributed by atoms with Gasteiger partial charge in [0.2, 0.25) is 0 Å². The van der Waals surface area contributed by atoms with Gasteiger partial charge in [0.1, 0.15) is 0 Å². The maximum Gasteiger partial charge on any atom is 0.308 e. The number of esters is 1. The predicted molar refractivity (Wildman–Crippen MR) is 44.8 cm³/mol. The molecule has 0 spiro atoms. The van der Waals surface area contributed by atoms with Gasteiger partial charge in [-0.2, -0.15) is 0 Å². The summed E-state index contributed by atoms with van der Waals surface area (Å²) in [6.45, 7) is 2.05. The monoisotopic (exact) mass is 172 g/mol. The van der Waals surface area contributed by atoms with E-state index in [1.54, 1.807) is 0 Å². The molecule has 1 fully saturated rings. The van der Waals surface area contributed by atoms with Crippen LogP contribution in [0, 0.1) is 0 Å². The van der Waals surface area contributed by atoms with Gasteiger partial charge in [0.15, 0.2) is 0 Å². The number of carbonyl (C=O) groups is 1. The maximum atomic E-state index is 10.9. The van der Waals surface area contributed by atoms with Crippen LogP contribution in [-0.2, 0) is 14.3 Å². The summed E-state index contributed by atoms with van der Waals surface area (Å²) in [5.41, 5.74) is 0. The van der Waals surface area contributed by atoms with E-state index in [1.807, 2.05) is 6.92 Å². The van der Waals surface area contributed by atoms with Crippen LogP contribution in [0.25, 0.3) is 0 Å². The third kappa shape index (κ3) is 2.81. The Morgan fingerprint density at radius 3 is 2.92 bits per heavy atom. The number of hydrogen-bond acceptors (Lipinski definition) is 3. The molecule has 1 aliphatic rings. The Bertz CT molecular complexity index is 156. The molecule has 3 nitrogen and oxygen atoms in total. The second kappa shape index (κ2) is 4.45. The van der Waals surface area contributed by atoms with Crippen molar-refractivity contribution in [3.8, 4) is 0 Å². The molecule has 0 aliphatic carbocycles. The Hall–Kier alpha value is -0.570. The molecule has 12 heavy (non-hydrogen) atoms. The number of methoxy groups -OCH3 is 1. The van der Waals surface area contributed by atoms with Crippen molar-refractivity contribution in [2.24, 2.45) is 0 Å². The second-order valence-corrected chi connectivity index (χ2v) is 3.28. The Morgan fingerprint density at radius 2 is 2.33 bits per heavy atom. The predicted octanol–water partition coefficient (Wildman–Crippen LogP) is 1.51. The van der Waals surface area contributed by atoms with Crippen LogP contribution in [0.2, 0.25) is 0 Å². The average Bonchev–Trinajstić information content (AvgIpc) is 2.04. The lowest BCUT2D eigenvalue weighted by Gasteiger charge is -2.26. The van der Waals surface area contributed by atoms with Crippen molar-refractivity contribution in [2.75, 3.05) is 7.11 Å². The highest BCUT2D eigenvalue weighted by molar-refractivity contribution is 5.69. The van der Waals surface area contributed by atoms with E-state index in [2.05, 4.69) is 4.74 Å². The van der Waals surface area contributed by atoms with Crippen LogP contribution in [0.1, 0.15) is 32.6 Å². The van der Waals surface area contributed by atoms with Crippen LogP contribution in [-0.4, -0.2) is 25.3 Å². The Labute approximate surface area is 73.0 Å². The van der Waals surface area contributed by atoms with Crippen molar-refractivity contribution in [3.05, 3.63) is 0 Å². The van der Waals surface area contributed by atoms with Crippen molar-refractivity contribution in [2.45, 2.75) is 44.8 Å². The van der Waals surface area contributed by atoms with Crippen LogP contribution in [0.4, 0.5) is 0 Å². The highest BCUT2D eigenvalue weighted by atomic mass is 16.5. The fourth-order valence-corrected chi connectivity index (χ4v) is 1.52. The van der Waals surface area contributed by atoms with Crippen molar-refractivity contribution in [1.29, 1.82) is 0 Å². The van der Waals surface area contributed by atoms with Crippen molar-refractivity contribution < 1.29 is 14.3 Å². The van der Waals surface area contributed by atoms with E-state index >= 15 is 0 Å². The van der Waals surface area contributed by atoms with E-state index < -0.39 is 0 Å². The van der Waals surface area contributed by atoms with Crippen LogP contribution >= 0.6 is 0 Å². The first kappa shape index (κ1) is 9.52. The van der Waals surface area contributed by atoms with Gasteiger partial charge in [-0.05, 0) is 26.2 Å². The minimum Gasteiger partial charge on any atom is -0.469 e. The molecular formula is C9H16O3. The maximum absolute atomic E-state index is 10.9. The van der Waals surface area contributed by atoms with Gasteiger partial charge in [-0.3, -0.25) is 4.79 Å². The number of rotatable bonds is 2. The molecule has 1 heterocycles. The lowest BCUT2D eigenvalue weighted by Crippen LogP contribution is -2.27. The molecule has 0 aromatic carbocycles. The molecule has 1 aliphatic heterocycles. The molecule has 0 unspecified atom stereocenters. The summed E-state index contributed by atoms with van der Waals surface area (Å²) in [5, 5.41) is 0. The van der Waals surface area contributed by atoms with Crippen LogP contribution in [0.5, 0.6) is 0 Å². The van der Waals surface area contributed by atoms with Crippen molar-refractivity contribution in [3.63, 3.8) is 0 Å². The number of ether oxygens (including phenoxy) is 2. The van der Waals surface area contributed by atoms with Crippen LogP contribution in [0.3, 0.4) is 0 Å². The van der Waals surface area contributed by atoms with E-state index in [1.165, 1.54) is 7.11 Å². The van der Waals surface area contributed by atoms with Gasteiger partial charge in [-0.25, -0.2) is 0 Å². The zero-order valence-electron chi connectivity index (χ0n) is 7.71. The number of carbonyl (C=O) groups excluding carboxylic acids is 1. The molecule has 0 N–H and O–H groups in total. The molecule has 2 atom stereocenters. The molecular weight excluding hydrogens is 156 g/mol. The normalized spacial score (nSPS) is 29.8. The third-order valence-corrected chi connectivity index (χ3v) is 2.18. The Balaban J connectivity index is 2.27. The van der Waals surface area contributed by atoms with E-state index in [0.717, 1.165) is 19.3 Å². The summed E-state index contributed by atoms with van der Waals surface area (Å²) >= 11 is 0. The first-order valence-electron chi connectivity index (χ1n) is 4.44. The average molecular weight is 172 g/mol. The van der Waals surface area contributed by atoms with Gasteiger partial charge in [0.05, 0.1) is 25.7 Å². The lowest BCUT2D eigenvalue weighted by atomic mass is 10.0. The molecule has 0 aromatic rings. The Kier molecular flexibility index (Phi) is 3.53. The SMILES string of the molecule is COC(=O)C[C@@H]1CCC[C@@H](C)O1. The summed E-state index contributed by atoms with van der Waals surface area (Å²) in [6, 6.07) is 0. The standard InChI is InChI=1S/C9H16O3/c1-7-4-3-5-8(12-7)6-9(10)11-2/h7-8H,3-6H2,1-2H3/t7-,8+/m1/s1. The molecule has 1 saturated heterocycles. The van der Waals surface area contributed by atoms with E-state index in [-0.39, 0.29) is 12.1 Å². The third-order valence-electron chi connectivity index (χ3n) is 2.18. The zero-order valence-corrected chi connectivity index (χ0v) is 7.71. The largest absolute Gasteiger partial charge is 0.469 e. The first-order chi connectivity index (χ1) is 5.72. The highest BCUT2D eigenvalue weighted by Gasteiger charge is 2.21. The summed E-state index contributed by atoms with van der Waals surface area (Å²) in [4.78, 5) is 10.9. The van der Waals surface area contributed by atoms with Gasteiger partial charge >= 0.3 is 5.97 Å². The van der Waals surface area contributed by atoms with Crippen molar-refractivity contribution in [1.82, 2.24) is 0 Å². The van der Waals surface area contributed by atoms with E-state index in [0.29, 0.717) is 12.5 Å². The van der Waals surface area contributed by atoms with Gasteiger partial charge in [0, 0.05) is 0 Å². The topological polar surface area (TPSA) is 35.5 Å². The lowest BCUT2D eigenvalue weighted by molar-refractivity contribution is -0.146. The quantitative estimate of drug-likeness (QED) is 0.592. The van der Waals surface area contributed by atoms with E-state index in [9.17, 15) is 4.79 Å². The minimum absolute atomic E-state index is 0.0844. The fourth-order valence-electron chi connectivity index (χ4n) is 1.52.